The second-order valence-electron chi connectivity index (χ2n) is 5.25. The lowest BCUT2D eigenvalue weighted by molar-refractivity contribution is -0.123. The van der Waals surface area contributed by atoms with Crippen LogP contribution in [-0.4, -0.2) is 15.9 Å². The number of amides is 1. The Balaban J connectivity index is 2.23. The molecule has 0 saturated carbocycles. The van der Waals surface area contributed by atoms with Crippen LogP contribution in [0.25, 0.3) is 11.0 Å². The average Bonchev–Trinajstić information content (AvgIpc) is 2.88. The Bertz CT molecular complexity index is 629. The molecule has 0 aliphatic heterocycles. The molecular weight excluding hydrogens is 264 g/mol. The zero-order valence-electron chi connectivity index (χ0n) is 12.4. The number of rotatable bonds is 6. The van der Waals surface area contributed by atoms with E-state index in [0.29, 0.717) is 18.8 Å². The van der Waals surface area contributed by atoms with Crippen molar-refractivity contribution in [3.8, 4) is 6.07 Å². The van der Waals surface area contributed by atoms with Gasteiger partial charge in [0.05, 0.1) is 17.1 Å². The summed E-state index contributed by atoms with van der Waals surface area (Å²) < 4.78 is 0. The fourth-order valence-electron chi connectivity index (χ4n) is 2.61. The SMILES string of the molecule is CCCC(C#N)(CCC)C(=O)Nc1nc2ccccc2[nH]1. The molecule has 2 rings (SSSR count). The highest BCUT2D eigenvalue weighted by Gasteiger charge is 2.37. The van der Waals surface area contributed by atoms with Gasteiger partial charge in [-0.2, -0.15) is 5.26 Å². The van der Waals surface area contributed by atoms with Crippen LogP contribution < -0.4 is 5.32 Å². The molecule has 0 aliphatic carbocycles. The van der Waals surface area contributed by atoms with E-state index in [4.69, 9.17) is 0 Å². The van der Waals surface area contributed by atoms with Crippen molar-refractivity contribution in [2.75, 3.05) is 5.32 Å². The molecular formula is C16H20N4O. The number of carbonyl (C=O) groups is 1. The number of nitrogens with one attached hydrogen (secondary N) is 2. The third-order valence-electron chi connectivity index (χ3n) is 3.62. The molecule has 0 fully saturated rings. The molecule has 5 heteroatoms. The lowest BCUT2D eigenvalue weighted by atomic mass is 9.80. The number of nitrogens with zero attached hydrogens (tertiary/aromatic N) is 2. The summed E-state index contributed by atoms with van der Waals surface area (Å²) in [5, 5.41) is 12.3. The van der Waals surface area contributed by atoms with Crippen LogP contribution in [0.4, 0.5) is 5.95 Å². The lowest BCUT2D eigenvalue weighted by Gasteiger charge is -2.23. The average molecular weight is 284 g/mol. The first kappa shape index (κ1) is 15.0. The van der Waals surface area contributed by atoms with Crippen LogP contribution >= 0.6 is 0 Å². The van der Waals surface area contributed by atoms with E-state index in [9.17, 15) is 10.1 Å². The molecule has 1 heterocycles. The Morgan fingerprint density at radius 3 is 2.57 bits per heavy atom. The summed E-state index contributed by atoms with van der Waals surface area (Å²) in [5.41, 5.74) is 0.685. The third-order valence-corrected chi connectivity index (χ3v) is 3.62. The van der Waals surface area contributed by atoms with Crippen molar-refractivity contribution in [2.45, 2.75) is 39.5 Å². The smallest absolute Gasteiger partial charge is 0.247 e. The largest absolute Gasteiger partial charge is 0.324 e. The summed E-state index contributed by atoms with van der Waals surface area (Å²) in [6, 6.07) is 9.78. The van der Waals surface area contributed by atoms with Crippen molar-refractivity contribution in [1.82, 2.24) is 9.97 Å². The molecule has 1 aromatic carbocycles. The molecule has 1 aromatic heterocycles. The molecule has 5 nitrogen and oxygen atoms in total. The van der Waals surface area contributed by atoms with Crippen molar-refractivity contribution >= 4 is 22.9 Å². The Morgan fingerprint density at radius 2 is 2.00 bits per heavy atom. The van der Waals surface area contributed by atoms with Crippen LogP contribution in [0, 0.1) is 16.7 Å². The van der Waals surface area contributed by atoms with E-state index in [-0.39, 0.29) is 5.91 Å². The van der Waals surface area contributed by atoms with Gasteiger partial charge in [-0.25, -0.2) is 4.98 Å². The van der Waals surface area contributed by atoms with Gasteiger partial charge in [0.25, 0.3) is 0 Å². The van der Waals surface area contributed by atoms with E-state index in [1.807, 2.05) is 38.1 Å². The van der Waals surface area contributed by atoms with Gasteiger partial charge in [-0.05, 0) is 25.0 Å². The molecule has 0 bridgehead atoms. The summed E-state index contributed by atoms with van der Waals surface area (Å²) in [7, 11) is 0. The molecule has 110 valence electrons. The summed E-state index contributed by atoms with van der Waals surface area (Å²) in [6.45, 7) is 3.96. The van der Waals surface area contributed by atoms with Gasteiger partial charge in [-0.15, -0.1) is 0 Å². The normalized spacial score (nSPS) is 11.3. The fraction of sp³-hybridized carbons (Fsp3) is 0.438. The first-order chi connectivity index (χ1) is 10.1. The molecule has 0 aliphatic rings. The fourth-order valence-corrected chi connectivity index (χ4v) is 2.61. The highest BCUT2D eigenvalue weighted by molar-refractivity contribution is 5.97. The van der Waals surface area contributed by atoms with E-state index < -0.39 is 5.41 Å². The maximum absolute atomic E-state index is 12.5. The van der Waals surface area contributed by atoms with Gasteiger partial charge >= 0.3 is 0 Å². The van der Waals surface area contributed by atoms with Crippen LogP contribution in [0.2, 0.25) is 0 Å². The van der Waals surface area contributed by atoms with E-state index in [1.54, 1.807) is 0 Å². The number of carbonyl (C=O) groups excluding carboxylic acids is 1. The van der Waals surface area contributed by atoms with Crippen LogP contribution in [0.15, 0.2) is 24.3 Å². The lowest BCUT2D eigenvalue weighted by Crippen LogP contribution is -2.35. The minimum atomic E-state index is -0.970. The maximum atomic E-state index is 12.5. The van der Waals surface area contributed by atoms with Crippen molar-refractivity contribution in [2.24, 2.45) is 5.41 Å². The van der Waals surface area contributed by atoms with Gasteiger partial charge in [0.2, 0.25) is 11.9 Å². The first-order valence-electron chi connectivity index (χ1n) is 7.32. The highest BCUT2D eigenvalue weighted by Crippen LogP contribution is 2.30. The molecule has 2 aromatic rings. The van der Waals surface area contributed by atoms with Gasteiger partial charge in [-0.3, -0.25) is 10.1 Å². The number of imidazole rings is 1. The van der Waals surface area contributed by atoms with Gasteiger partial charge in [0, 0.05) is 0 Å². The van der Waals surface area contributed by atoms with Crippen LogP contribution in [0.5, 0.6) is 0 Å². The molecule has 0 saturated heterocycles. The first-order valence-corrected chi connectivity index (χ1v) is 7.32. The summed E-state index contributed by atoms with van der Waals surface area (Å²) in [6.07, 6.45) is 2.70. The van der Waals surface area contributed by atoms with Gasteiger partial charge in [0.15, 0.2) is 0 Å². The van der Waals surface area contributed by atoms with Crippen molar-refractivity contribution < 1.29 is 4.79 Å². The Kier molecular flexibility index (Phi) is 4.59. The highest BCUT2D eigenvalue weighted by atomic mass is 16.2. The van der Waals surface area contributed by atoms with E-state index in [1.165, 1.54) is 0 Å². The quantitative estimate of drug-likeness (QED) is 0.850. The number of fused-ring (bicyclic) bond motifs is 1. The van der Waals surface area contributed by atoms with Crippen molar-refractivity contribution in [1.29, 1.82) is 5.26 Å². The minimum absolute atomic E-state index is 0.271. The number of hydrogen-bond acceptors (Lipinski definition) is 3. The van der Waals surface area contributed by atoms with Gasteiger partial charge in [-0.1, -0.05) is 38.8 Å². The van der Waals surface area contributed by atoms with E-state index >= 15 is 0 Å². The maximum Gasteiger partial charge on any atom is 0.247 e. The zero-order valence-corrected chi connectivity index (χ0v) is 12.4. The van der Waals surface area contributed by atoms with Crippen molar-refractivity contribution in [3.05, 3.63) is 24.3 Å². The Morgan fingerprint density at radius 1 is 1.33 bits per heavy atom. The van der Waals surface area contributed by atoms with E-state index in [0.717, 1.165) is 23.9 Å². The number of hydrogen-bond donors (Lipinski definition) is 2. The van der Waals surface area contributed by atoms with Crippen LogP contribution in [-0.2, 0) is 4.79 Å². The number of benzene rings is 1. The zero-order chi connectivity index (χ0) is 15.3. The van der Waals surface area contributed by atoms with Crippen LogP contribution in [0.1, 0.15) is 39.5 Å². The van der Waals surface area contributed by atoms with Gasteiger partial charge in [0.1, 0.15) is 5.41 Å². The molecule has 0 spiro atoms. The second-order valence-corrected chi connectivity index (χ2v) is 5.25. The monoisotopic (exact) mass is 284 g/mol. The van der Waals surface area contributed by atoms with Gasteiger partial charge < -0.3 is 4.98 Å². The Hall–Kier alpha value is -2.35. The number of nitriles is 1. The standard InChI is InChI=1S/C16H20N4O/c1-3-9-16(11-17,10-4-2)14(21)20-15-18-12-7-5-6-8-13(12)19-15/h5-8H,3-4,9-10H2,1-2H3,(H2,18,19,20,21). The molecule has 1 amide bonds. The minimum Gasteiger partial charge on any atom is -0.324 e. The number of H-pyrrole nitrogens is 1. The topological polar surface area (TPSA) is 81.6 Å². The van der Waals surface area contributed by atoms with E-state index in [2.05, 4.69) is 21.4 Å². The summed E-state index contributed by atoms with van der Waals surface area (Å²) in [5.74, 6) is 0.126. The summed E-state index contributed by atoms with van der Waals surface area (Å²) in [4.78, 5) is 19.9. The number of anilines is 1. The van der Waals surface area contributed by atoms with Crippen LogP contribution in [0.3, 0.4) is 0 Å². The third kappa shape index (κ3) is 3.05. The molecule has 0 unspecified atom stereocenters. The number of aromatic amines is 1. The number of aromatic nitrogens is 2. The molecule has 2 N–H and O–H groups in total. The predicted molar refractivity (Wildman–Crippen MR) is 82.6 cm³/mol. The summed E-state index contributed by atoms with van der Waals surface area (Å²) >= 11 is 0. The number of para-hydroxylation sites is 2. The molecule has 21 heavy (non-hydrogen) atoms. The Labute approximate surface area is 124 Å². The van der Waals surface area contributed by atoms with Crippen molar-refractivity contribution in [3.63, 3.8) is 0 Å². The predicted octanol–water partition coefficient (Wildman–Crippen LogP) is 3.61. The molecule has 0 atom stereocenters. The second kappa shape index (κ2) is 6.40. The molecule has 0 radical (unpaired) electrons.